The molecule has 1 N–H and O–H groups in total. The Balaban J connectivity index is 1.70. The van der Waals surface area contributed by atoms with Crippen LogP contribution in [0.15, 0.2) is 24.3 Å². The Morgan fingerprint density at radius 3 is 2.28 bits per heavy atom. The average molecular weight is 446 g/mol. The molecule has 1 amide bonds. The zero-order valence-electron chi connectivity index (χ0n) is 19.1. The Hall–Kier alpha value is -2.90. The van der Waals surface area contributed by atoms with E-state index in [-0.39, 0.29) is 43.0 Å². The summed E-state index contributed by atoms with van der Waals surface area (Å²) in [7, 11) is 1.38. The fourth-order valence-corrected chi connectivity index (χ4v) is 4.50. The van der Waals surface area contributed by atoms with Crippen LogP contribution in [0.2, 0.25) is 0 Å². The topological polar surface area (TPSA) is 110 Å². The van der Waals surface area contributed by atoms with Crippen LogP contribution < -0.4 is 0 Å². The van der Waals surface area contributed by atoms with Crippen LogP contribution in [-0.2, 0) is 19.1 Å². The van der Waals surface area contributed by atoms with Gasteiger partial charge in [0.2, 0.25) is 0 Å². The predicted molar refractivity (Wildman–Crippen MR) is 115 cm³/mol. The third kappa shape index (κ3) is 4.79. The molecule has 174 valence electrons. The van der Waals surface area contributed by atoms with Gasteiger partial charge in [0.1, 0.15) is 5.60 Å². The molecule has 1 saturated heterocycles. The molecule has 2 aliphatic rings. The van der Waals surface area contributed by atoms with Gasteiger partial charge < -0.3 is 14.6 Å². The molecule has 1 aliphatic carbocycles. The molecule has 1 unspecified atom stereocenters. The van der Waals surface area contributed by atoms with E-state index < -0.39 is 23.2 Å². The first-order valence-corrected chi connectivity index (χ1v) is 10.9. The average Bonchev–Trinajstić information content (AvgIpc) is 3.11. The van der Waals surface area contributed by atoms with Crippen molar-refractivity contribution < 1.29 is 33.8 Å². The number of amides is 1. The fraction of sp³-hybridized carbons (Fsp3) is 0.583. The maximum Gasteiger partial charge on any atom is 0.411 e. The summed E-state index contributed by atoms with van der Waals surface area (Å²) in [4.78, 5) is 50.6. The molecule has 0 bridgehead atoms. The van der Waals surface area contributed by atoms with Crippen molar-refractivity contribution in [1.82, 2.24) is 4.90 Å². The molecule has 3 rings (SSSR count). The number of carboxylic acid groups (broad SMARTS) is 1. The molecule has 2 fully saturated rings. The maximum atomic E-state index is 13.0. The van der Waals surface area contributed by atoms with Crippen LogP contribution >= 0.6 is 0 Å². The second kappa shape index (κ2) is 8.92. The van der Waals surface area contributed by atoms with Crippen LogP contribution in [0.3, 0.4) is 0 Å². The van der Waals surface area contributed by atoms with Gasteiger partial charge in [0.05, 0.1) is 13.0 Å². The minimum atomic E-state index is -1.61. The monoisotopic (exact) mass is 445 g/mol. The lowest BCUT2D eigenvalue weighted by atomic mass is 9.71. The van der Waals surface area contributed by atoms with Gasteiger partial charge in [-0.25, -0.2) is 9.59 Å². The molecule has 32 heavy (non-hydrogen) atoms. The summed E-state index contributed by atoms with van der Waals surface area (Å²) in [5.74, 6) is -1.57. The van der Waals surface area contributed by atoms with Gasteiger partial charge in [-0.05, 0) is 57.9 Å². The molecule has 1 heterocycles. The Labute approximate surface area is 187 Å². The second-order valence-corrected chi connectivity index (χ2v) is 9.68. The summed E-state index contributed by atoms with van der Waals surface area (Å²) in [6.07, 6.45) is 1.09. The van der Waals surface area contributed by atoms with E-state index in [1.807, 2.05) is 12.1 Å². The molecule has 8 nitrogen and oxygen atoms in total. The van der Waals surface area contributed by atoms with E-state index in [9.17, 15) is 24.3 Å². The van der Waals surface area contributed by atoms with Crippen LogP contribution in [-0.4, -0.2) is 58.6 Å². The number of aliphatic carboxylic acids is 1. The first-order valence-electron chi connectivity index (χ1n) is 10.9. The minimum absolute atomic E-state index is 0.0806. The lowest BCUT2D eigenvalue weighted by Crippen LogP contribution is -2.55. The third-order valence-electron chi connectivity index (χ3n) is 6.33. The van der Waals surface area contributed by atoms with Crippen molar-refractivity contribution in [2.24, 2.45) is 5.92 Å². The van der Waals surface area contributed by atoms with Gasteiger partial charge in [0, 0.05) is 18.5 Å². The highest BCUT2D eigenvalue weighted by Crippen LogP contribution is 2.42. The van der Waals surface area contributed by atoms with Gasteiger partial charge in [-0.1, -0.05) is 24.3 Å². The first kappa shape index (κ1) is 23.8. The molecule has 1 aromatic carbocycles. The normalized spacial score (nSPS) is 25.1. The molecular formula is C24H31NO7. The van der Waals surface area contributed by atoms with Crippen LogP contribution in [0.25, 0.3) is 0 Å². The van der Waals surface area contributed by atoms with Crippen molar-refractivity contribution in [3.63, 3.8) is 0 Å². The number of carboxylic acids is 1. The number of carbonyl (C=O) groups excluding carboxylic acids is 3. The van der Waals surface area contributed by atoms with Crippen molar-refractivity contribution >= 4 is 23.8 Å². The van der Waals surface area contributed by atoms with Crippen molar-refractivity contribution in [1.29, 1.82) is 0 Å². The summed E-state index contributed by atoms with van der Waals surface area (Å²) in [6.45, 7) is 5.37. The van der Waals surface area contributed by atoms with Gasteiger partial charge in [-0.3, -0.25) is 14.5 Å². The number of hydrogen-bond acceptors (Lipinski definition) is 6. The summed E-state index contributed by atoms with van der Waals surface area (Å²) in [5.41, 5.74) is -0.946. The van der Waals surface area contributed by atoms with Crippen LogP contribution in [0.4, 0.5) is 4.79 Å². The number of methoxy groups -OCH3 is 1. The summed E-state index contributed by atoms with van der Waals surface area (Å²) >= 11 is 0. The molecule has 8 heteroatoms. The van der Waals surface area contributed by atoms with Crippen molar-refractivity contribution in [3.05, 3.63) is 35.4 Å². The van der Waals surface area contributed by atoms with E-state index in [1.165, 1.54) is 12.0 Å². The van der Waals surface area contributed by atoms with E-state index in [0.717, 1.165) is 5.56 Å². The number of hydrogen-bond donors (Lipinski definition) is 1. The van der Waals surface area contributed by atoms with Gasteiger partial charge in [-0.15, -0.1) is 0 Å². The van der Waals surface area contributed by atoms with Gasteiger partial charge in [0.15, 0.2) is 11.3 Å². The van der Waals surface area contributed by atoms with Crippen molar-refractivity contribution in [3.8, 4) is 0 Å². The number of likely N-dealkylation sites (tertiary alicyclic amines) is 1. The van der Waals surface area contributed by atoms with Gasteiger partial charge in [-0.2, -0.15) is 0 Å². The molecule has 0 radical (unpaired) electrons. The van der Waals surface area contributed by atoms with E-state index in [1.54, 1.807) is 32.9 Å². The largest absolute Gasteiger partial charge is 0.479 e. The number of benzene rings is 1. The summed E-state index contributed by atoms with van der Waals surface area (Å²) in [5, 5.41) is 9.98. The Morgan fingerprint density at radius 2 is 1.75 bits per heavy atom. The Morgan fingerprint density at radius 1 is 1.12 bits per heavy atom. The van der Waals surface area contributed by atoms with Crippen molar-refractivity contribution in [2.75, 3.05) is 13.7 Å². The Kier molecular flexibility index (Phi) is 6.62. The minimum Gasteiger partial charge on any atom is -0.479 e. The van der Waals surface area contributed by atoms with Gasteiger partial charge >= 0.3 is 18.0 Å². The van der Waals surface area contributed by atoms with E-state index in [4.69, 9.17) is 9.47 Å². The molecule has 1 saturated carbocycles. The lowest BCUT2D eigenvalue weighted by Gasteiger charge is -2.35. The number of nitrogens with zero attached hydrogens (tertiary/aromatic N) is 1. The molecule has 0 spiro atoms. The predicted octanol–water partition coefficient (Wildman–Crippen LogP) is 3.78. The highest BCUT2D eigenvalue weighted by molar-refractivity contribution is 6.01. The first-order chi connectivity index (χ1) is 15.0. The van der Waals surface area contributed by atoms with Crippen LogP contribution in [0, 0.1) is 5.92 Å². The molecule has 1 atom stereocenters. The Bertz CT molecular complexity index is 896. The van der Waals surface area contributed by atoms with Crippen LogP contribution in [0.1, 0.15) is 74.7 Å². The molecule has 1 aliphatic heterocycles. The summed E-state index contributed by atoms with van der Waals surface area (Å²) < 4.78 is 10.2. The third-order valence-corrected chi connectivity index (χ3v) is 6.33. The number of ketones is 1. The fourth-order valence-electron chi connectivity index (χ4n) is 4.50. The van der Waals surface area contributed by atoms with E-state index in [0.29, 0.717) is 24.8 Å². The number of carbonyl (C=O) groups is 4. The standard InChI is InChI=1S/C24H31NO7/c1-23(2,3)32-22(30)25-11-5-10-24(25,21(28)29)14-19(26)16-8-6-15(7-9-16)17-12-18(13-17)20(27)31-4/h6-9,17-18H,5,10-14H2,1-4H3,(H,28,29). The smallest absolute Gasteiger partial charge is 0.411 e. The molecule has 0 aromatic heterocycles. The van der Waals surface area contributed by atoms with Gasteiger partial charge in [0.25, 0.3) is 0 Å². The lowest BCUT2D eigenvalue weighted by molar-refractivity contribution is -0.149. The number of esters is 1. The zero-order chi connectivity index (χ0) is 23.7. The molecule has 1 aromatic rings. The van der Waals surface area contributed by atoms with E-state index >= 15 is 0 Å². The second-order valence-electron chi connectivity index (χ2n) is 9.68. The SMILES string of the molecule is COC(=O)C1CC(c2ccc(C(=O)CC3(C(=O)O)CCCN3C(=O)OC(C)(C)C)cc2)C1. The molecular weight excluding hydrogens is 414 g/mol. The summed E-state index contributed by atoms with van der Waals surface area (Å²) in [6, 6.07) is 7.06. The van der Waals surface area contributed by atoms with Crippen molar-refractivity contribution in [2.45, 2.75) is 69.9 Å². The number of ether oxygens (including phenoxy) is 2. The zero-order valence-corrected chi connectivity index (χ0v) is 19.1. The van der Waals surface area contributed by atoms with E-state index in [2.05, 4.69) is 0 Å². The highest BCUT2D eigenvalue weighted by atomic mass is 16.6. The number of Topliss-reactive ketones (excluding diaryl/α,β-unsaturated/α-hetero) is 1. The maximum absolute atomic E-state index is 13.0. The quantitative estimate of drug-likeness (QED) is 0.524. The highest BCUT2D eigenvalue weighted by Gasteiger charge is 2.52. The number of rotatable bonds is 6. The van der Waals surface area contributed by atoms with Crippen LogP contribution in [0.5, 0.6) is 0 Å².